The molecule has 0 unspecified atom stereocenters. The third-order valence-electron chi connectivity index (χ3n) is 8.64. The highest BCUT2D eigenvalue weighted by Crippen LogP contribution is 2.41. The zero-order valence-electron chi connectivity index (χ0n) is 22.8. The van der Waals surface area contributed by atoms with Crippen LogP contribution in [0, 0.1) is 6.92 Å². The standard InChI is InChI=1S/C33H41NO3/c1-5-33(6-2,30-14-9-26(24(3)19-30)15-18-32(36)16-7-8-17-32)29-12-10-27(11-13-29)28-20-25(22-34-23-28)21-31(35)37-4/h9-14,19-20,22-23,36H,5-8,15-18,21H2,1-4H3. The summed E-state index contributed by atoms with van der Waals surface area (Å²) in [6, 6.07) is 17.8. The maximum Gasteiger partial charge on any atom is 0.310 e. The molecule has 1 aliphatic carbocycles. The number of esters is 1. The molecule has 0 spiro atoms. The molecule has 196 valence electrons. The molecule has 1 aliphatic rings. The van der Waals surface area contributed by atoms with Crippen molar-refractivity contribution in [2.75, 3.05) is 7.11 Å². The monoisotopic (exact) mass is 499 g/mol. The Morgan fingerprint density at radius 1 is 0.973 bits per heavy atom. The number of aryl methyl sites for hydroxylation is 2. The third-order valence-corrected chi connectivity index (χ3v) is 8.64. The number of aromatic nitrogens is 1. The van der Waals surface area contributed by atoms with Crippen LogP contribution in [0.3, 0.4) is 0 Å². The molecular weight excluding hydrogens is 458 g/mol. The first-order valence-electron chi connectivity index (χ1n) is 13.8. The van der Waals surface area contributed by atoms with Crippen molar-refractivity contribution in [1.29, 1.82) is 0 Å². The second kappa shape index (κ2) is 11.6. The van der Waals surface area contributed by atoms with Crippen LogP contribution in [0.2, 0.25) is 0 Å². The van der Waals surface area contributed by atoms with E-state index in [0.29, 0.717) is 0 Å². The third kappa shape index (κ3) is 5.96. The zero-order valence-corrected chi connectivity index (χ0v) is 22.8. The highest BCUT2D eigenvalue weighted by Gasteiger charge is 2.32. The average molecular weight is 500 g/mol. The quantitative estimate of drug-likeness (QED) is 0.302. The molecule has 1 saturated carbocycles. The van der Waals surface area contributed by atoms with Gasteiger partial charge in [-0.05, 0) is 84.9 Å². The van der Waals surface area contributed by atoms with Gasteiger partial charge >= 0.3 is 5.97 Å². The van der Waals surface area contributed by atoms with Crippen molar-refractivity contribution < 1.29 is 14.6 Å². The topological polar surface area (TPSA) is 59.4 Å². The van der Waals surface area contributed by atoms with Crippen LogP contribution < -0.4 is 0 Å². The summed E-state index contributed by atoms with van der Waals surface area (Å²) < 4.78 is 4.80. The zero-order chi connectivity index (χ0) is 26.5. The van der Waals surface area contributed by atoms with Crippen molar-refractivity contribution in [2.45, 2.75) is 89.6 Å². The first kappa shape index (κ1) is 27.1. The summed E-state index contributed by atoms with van der Waals surface area (Å²) in [4.78, 5) is 16.0. The molecule has 1 fully saturated rings. The summed E-state index contributed by atoms with van der Waals surface area (Å²) in [5, 5.41) is 10.8. The van der Waals surface area contributed by atoms with Crippen molar-refractivity contribution in [1.82, 2.24) is 4.98 Å². The molecule has 4 rings (SSSR count). The molecule has 4 heteroatoms. The predicted molar refractivity (Wildman–Crippen MR) is 150 cm³/mol. The minimum Gasteiger partial charge on any atom is -0.469 e. The van der Waals surface area contributed by atoms with Gasteiger partial charge in [0.15, 0.2) is 0 Å². The fourth-order valence-electron chi connectivity index (χ4n) is 6.12. The van der Waals surface area contributed by atoms with Gasteiger partial charge in [-0.15, -0.1) is 0 Å². The molecule has 4 nitrogen and oxygen atoms in total. The molecule has 3 aromatic rings. The second-order valence-corrected chi connectivity index (χ2v) is 10.8. The number of hydrogen-bond donors (Lipinski definition) is 1. The number of aliphatic hydroxyl groups is 1. The fourth-order valence-corrected chi connectivity index (χ4v) is 6.12. The Hall–Kier alpha value is -2.98. The molecule has 37 heavy (non-hydrogen) atoms. The number of rotatable bonds is 10. The van der Waals surface area contributed by atoms with Crippen LogP contribution in [0.4, 0.5) is 0 Å². The van der Waals surface area contributed by atoms with Crippen LogP contribution in [-0.2, 0) is 27.8 Å². The summed E-state index contributed by atoms with van der Waals surface area (Å²) in [5.41, 5.74) is 7.74. The molecule has 0 amide bonds. The number of ether oxygens (including phenoxy) is 1. The molecule has 0 atom stereocenters. The van der Waals surface area contributed by atoms with Crippen LogP contribution in [0.25, 0.3) is 11.1 Å². The van der Waals surface area contributed by atoms with E-state index in [1.54, 1.807) is 6.20 Å². The first-order valence-corrected chi connectivity index (χ1v) is 13.8. The van der Waals surface area contributed by atoms with Crippen molar-refractivity contribution in [3.63, 3.8) is 0 Å². The molecule has 0 aliphatic heterocycles. The van der Waals surface area contributed by atoms with E-state index in [-0.39, 0.29) is 17.8 Å². The largest absolute Gasteiger partial charge is 0.469 e. The van der Waals surface area contributed by atoms with Crippen LogP contribution in [0.1, 0.15) is 86.6 Å². The van der Waals surface area contributed by atoms with Gasteiger partial charge in [0.1, 0.15) is 0 Å². The smallest absolute Gasteiger partial charge is 0.310 e. The highest BCUT2D eigenvalue weighted by molar-refractivity contribution is 5.73. The maximum absolute atomic E-state index is 11.7. The Bertz CT molecular complexity index is 1200. The lowest BCUT2D eigenvalue weighted by molar-refractivity contribution is -0.139. The van der Waals surface area contributed by atoms with Gasteiger partial charge in [-0.25, -0.2) is 0 Å². The Labute approximate surface area is 222 Å². The van der Waals surface area contributed by atoms with Crippen molar-refractivity contribution >= 4 is 5.97 Å². The van der Waals surface area contributed by atoms with E-state index in [9.17, 15) is 9.90 Å². The fraction of sp³-hybridized carbons (Fsp3) is 0.455. The summed E-state index contributed by atoms with van der Waals surface area (Å²) in [7, 11) is 1.40. The van der Waals surface area contributed by atoms with Crippen LogP contribution in [-0.4, -0.2) is 28.8 Å². The normalized spacial score (nSPS) is 15.1. The number of pyridine rings is 1. The lowest BCUT2D eigenvalue weighted by Gasteiger charge is -2.34. The second-order valence-electron chi connectivity index (χ2n) is 10.8. The van der Waals surface area contributed by atoms with E-state index in [4.69, 9.17) is 4.74 Å². The number of methoxy groups -OCH3 is 1. The van der Waals surface area contributed by atoms with Gasteiger partial charge in [-0.1, -0.05) is 69.2 Å². The summed E-state index contributed by atoms with van der Waals surface area (Å²) >= 11 is 0. The van der Waals surface area contributed by atoms with E-state index in [2.05, 4.69) is 68.2 Å². The van der Waals surface area contributed by atoms with Crippen molar-refractivity contribution in [3.8, 4) is 11.1 Å². The van der Waals surface area contributed by atoms with E-state index < -0.39 is 5.60 Å². The molecule has 0 saturated heterocycles. The van der Waals surface area contributed by atoms with Crippen LogP contribution in [0.15, 0.2) is 60.9 Å². The number of carbonyl (C=O) groups is 1. The summed E-state index contributed by atoms with van der Waals surface area (Å²) in [6.07, 6.45) is 11.8. The van der Waals surface area contributed by atoms with Gasteiger partial charge in [0.25, 0.3) is 0 Å². The SMILES string of the molecule is CCC(CC)(c1ccc(-c2cncc(CC(=O)OC)c2)cc1)c1ccc(CCC2(O)CCCC2)c(C)c1. The van der Waals surface area contributed by atoms with Crippen molar-refractivity contribution in [2.24, 2.45) is 0 Å². The molecule has 0 radical (unpaired) electrons. The number of carbonyl (C=O) groups excluding carboxylic acids is 1. The lowest BCUT2D eigenvalue weighted by Crippen LogP contribution is -2.26. The Balaban J connectivity index is 1.57. The Kier molecular flexibility index (Phi) is 8.49. The molecule has 1 aromatic heterocycles. The van der Waals surface area contributed by atoms with E-state index >= 15 is 0 Å². The van der Waals surface area contributed by atoms with E-state index in [1.165, 1.54) is 29.4 Å². The number of nitrogens with zero attached hydrogens (tertiary/aromatic N) is 1. The average Bonchev–Trinajstić information content (AvgIpc) is 3.36. The molecule has 0 bridgehead atoms. The highest BCUT2D eigenvalue weighted by atomic mass is 16.5. The number of benzene rings is 2. The Morgan fingerprint density at radius 3 is 2.27 bits per heavy atom. The van der Waals surface area contributed by atoms with Gasteiger partial charge in [0.2, 0.25) is 0 Å². The van der Waals surface area contributed by atoms with Gasteiger partial charge in [-0.3, -0.25) is 9.78 Å². The molecular formula is C33H41NO3. The van der Waals surface area contributed by atoms with E-state index in [1.807, 2.05) is 12.3 Å². The van der Waals surface area contributed by atoms with E-state index in [0.717, 1.165) is 68.1 Å². The summed E-state index contributed by atoms with van der Waals surface area (Å²) in [6.45, 7) is 6.76. The summed E-state index contributed by atoms with van der Waals surface area (Å²) in [5.74, 6) is -0.263. The minimum absolute atomic E-state index is 0.0591. The van der Waals surface area contributed by atoms with Gasteiger partial charge in [0, 0.05) is 23.4 Å². The minimum atomic E-state index is -0.461. The Morgan fingerprint density at radius 2 is 1.65 bits per heavy atom. The van der Waals surface area contributed by atoms with Gasteiger partial charge in [0.05, 0.1) is 19.1 Å². The maximum atomic E-state index is 11.7. The van der Waals surface area contributed by atoms with Gasteiger partial charge in [-0.2, -0.15) is 0 Å². The first-order chi connectivity index (χ1) is 17.8. The molecule has 2 aromatic carbocycles. The number of hydrogen-bond acceptors (Lipinski definition) is 4. The van der Waals surface area contributed by atoms with Crippen molar-refractivity contribution in [3.05, 3.63) is 88.7 Å². The van der Waals surface area contributed by atoms with Crippen LogP contribution >= 0.6 is 0 Å². The molecule has 1 N–H and O–H groups in total. The van der Waals surface area contributed by atoms with Crippen LogP contribution in [0.5, 0.6) is 0 Å². The lowest BCUT2D eigenvalue weighted by atomic mass is 9.70. The molecule has 1 heterocycles. The van der Waals surface area contributed by atoms with Gasteiger partial charge < -0.3 is 9.84 Å². The predicted octanol–water partition coefficient (Wildman–Crippen LogP) is 7.12.